The average Bonchev–Trinajstić information content (AvgIpc) is 3.05. The first-order valence-corrected chi connectivity index (χ1v) is 8.51. The van der Waals surface area contributed by atoms with E-state index in [1.165, 1.54) is 12.8 Å². The molecule has 3 rings (SSSR count). The van der Waals surface area contributed by atoms with E-state index in [1.54, 1.807) is 12.1 Å². The predicted molar refractivity (Wildman–Crippen MR) is 87.3 cm³/mol. The van der Waals surface area contributed by atoms with E-state index in [-0.39, 0.29) is 11.2 Å². The zero-order valence-electron chi connectivity index (χ0n) is 12.0. The lowest BCUT2D eigenvalue weighted by molar-refractivity contribution is 0.322. The van der Waals surface area contributed by atoms with Gasteiger partial charge in [0.2, 0.25) is 0 Å². The second-order valence-electron chi connectivity index (χ2n) is 5.54. The molecular formula is C15H18BrClFN3. The summed E-state index contributed by atoms with van der Waals surface area (Å²) in [6.07, 6.45) is 2.54. The number of fused-ring (bicyclic) bond motifs is 1. The Hall–Kier alpha value is -0.650. The van der Waals surface area contributed by atoms with Crippen molar-refractivity contribution in [1.29, 1.82) is 0 Å². The molecule has 3 nitrogen and oxygen atoms in total. The highest BCUT2D eigenvalue weighted by Gasteiger charge is 2.18. The topological polar surface area (TPSA) is 21.1 Å². The number of halogens is 3. The number of nitrogens with zero attached hydrogens (tertiary/aromatic N) is 3. The molecule has 1 unspecified atom stereocenters. The van der Waals surface area contributed by atoms with Crippen LogP contribution in [-0.2, 0) is 6.54 Å². The summed E-state index contributed by atoms with van der Waals surface area (Å²) in [4.78, 5) is 7.01. The van der Waals surface area contributed by atoms with Gasteiger partial charge in [0.1, 0.15) is 11.6 Å². The minimum Gasteiger partial charge on any atom is -0.325 e. The van der Waals surface area contributed by atoms with Crippen LogP contribution in [0.25, 0.3) is 11.0 Å². The summed E-state index contributed by atoms with van der Waals surface area (Å²) >= 11 is 9.47. The minimum atomic E-state index is -0.265. The minimum absolute atomic E-state index is 0.196. The van der Waals surface area contributed by atoms with E-state index in [4.69, 9.17) is 11.6 Å². The van der Waals surface area contributed by atoms with Crippen LogP contribution < -0.4 is 0 Å². The molecule has 1 fully saturated rings. The molecule has 1 atom stereocenters. The Bertz CT molecular complexity index is 650. The van der Waals surface area contributed by atoms with Gasteiger partial charge >= 0.3 is 0 Å². The molecule has 1 aromatic carbocycles. The fourth-order valence-corrected chi connectivity index (χ4v) is 3.42. The number of imidazole rings is 1. The van der Waals surface area contributed by atoms with Crippen LogP contribution in [0.15, 0.2) is 16.6 Å². The highest BCUT2D eigenvalue weighted by atomic mass is 79.9. The Balaban J connectivity index is 1.96. The zero-order valence-corrected chi connectivity index (χ0v) is 14.3. The number of hydrogen-bond donors (Lipinski definition) is 0. The smallest absolute Gasteiger partial charge is 0.139 e. The molecule has 1 aromatic heterocycles. The Morgan fingerprint density at radius 1 is 1.33 bits per heavy atom. The van der Waals surface area contributed by atoms with Crippen LogP contribution in [0.3, 0.4) is 0 Å². The van der Waals surface area contributed by atoms with Crippen molar-refractivity contribution in [2.24, 2.45) is 0 Å². The van der Waals surface area contributed by atoms with Crippen LogP contribution in [0.1, 0.15) is 31.0 Å². The Morgan fingerprint density at radius 3 is 2.71 bits per heavy atom. The van der Waals surface area contributed by atoms with E-state index in [2.05, 4.69) is 30.4 Å². The summed E-state index contributed by atoms with van der Waals surface area (Å²) < 4.78 is 16.3. The van der Waals surface area contributed by atoms with Gasteiger partial charge in [-0.1, -0.05) is 0 Å². The van der Waals surface area contributed by atoms with Crippen LogP contribution in [0, 0.1) is 5.82 Å². The normalized spacial score (nSPS) is 17.7. The summed E-state index contributed by atoms with van der Waals surface area (Å²) in [6.45, 7) is 5.96. The van der Waals surface area contributed by atoms with Gasteiger partial charge in [-0.25, -0.2) is 9.37 Å². The van der Waals surface area contributed by atoms with Crippen LogP contribution in [0.2, 0.25) is 0 Å². The number of hydrogen-bond acceptors (Lipinski definition) is 2. The molecule has 114 valence electrons. The van der Waals surface area contributed by atoms with Crippen molar-refractivity contribution >= 4 is 38.6 Å². The van der Waals surface area contributed by atoms with Gasteiger partial charge in [-0.2, -0.15) is 0 Å². The number of alkyl halides is 1. The summed E-state index contributed by atoms with van der Waals surface area (Å²) in [5.74, 6) is 0.543. The quantitative estimate of drug-likeness (QED) is 0.743. The van der Waals surface area contributed by atoms with Crippen LogP contribution in [0.4, 0.5) is 4.39 Å². The van der Waals surface area contributed by atoms with Crippen LogP contribution in [-0.4, -0.2) is 34.1 Å². The molecule has 2 aromatic rings. The first-order chi connectivity index (χ1) is 10.1. The van der Waals surface area contributed by atoms with Gasteiger partial charge in [-0.05, 0) is 54.9 Å². The number of rotatable bonds is 4. The second kappa shape index (κ2) is 6.23. The van der Waals surface area contributed by atoms with E-state index in [0.29, 0.717) is 4.47 Å². The highest BCUT2D eigenvalue weighted by molar-refractivity contribution is 9.10. The fourth-order valence-electron chi connectivity index (χ4n) is 2.93. The van der Waals surface area contributed by atoms with Gasteiger partial charge in [0.25, 0.3) is 0 Å². The predicted octanol–water partition coefficient (Wildman–Crippen LogP) is 4.33. The number of likely N-dealkylation sites (tertiary alicyclic amines) is 1. The molecule has 21 heavy (non-hydrogen) atoms. The summed E-state index contributed by atoms with van der Waals surface area (Å²) in [5, 5.41) is -0.196. The van der Waals surface area contributed by atoms with Gasteiger partial charge in [-0.3, -0.25) is 0 Å². The summed E-state index contributed by atoms with van der Waals surface area (Å²) in [5.41, 5.74) is 1.60. The highest BCUT2D eigenvalue weighted by Crippen LogP contribution is 2.28. The maximum atomic E-state index is 13.8. The lowest BCUT2D eigenvalue weighted by Gasteiger charge is -2.17. The van der Waals surface area contributed by atoms with E-state index in [9.17, 15) is 4.39 Å². The van der Waals surface area contributed by atoms with E-state index >= 15 is 0 Å². The van der Waals surface area contributed by atoms with Crippen LogP contribution >= 0.6 is 27.5 Å². The molecular weight excluding hydrogens is 357 g/mol. The molecule has 0 bridgehead atoms. The van der Waals surface area contributed by atoms with Gasteiger partial charge < -0.3 is 9.47 Å². The molecule has 0 N–H and O–H groups in total. The van der Waals surface area contributed by atoms with Crippen molar-refractivity contribution in [1.82, 2.24) is 14.5 Å². The third-order valence-electron chi connectivity index (χ3n) is 4.01. The molecule has 6 heteroatoms. The number of aromatic nitrogens is 2. The maximum absolute atomic E-state index is 13.8. The zero-order chi connectivity index (χ0) is 15.0. The number of benzene rings is 1. The Labute approximate surface area is 137 Å². The third-order valence-corrected chi connectivity index (χ3v) is 4.82. The largest absolute Gasteiger partial charge is 0.325 e. The Kier molecular flexibility index (Phi) is 4.52. The van der Waals surface area contributed by atoms with Crippen molar-refractivity contribution in [2.75, 3.05) is 19.6 Å². The van der Waals surface area contributed by atoms with Crippen molar-refractivity contribution < 1.29 is 4.39 Å². The third kappa shape index (κ3) is 3.10. The van der Waals surface area contributed by atoms with E-state index in [0.717, 1.165) is 43.0 Å². The van der Waals surface area contributed by atoms with Gasteiger partial charge in [0.05, 0.1) is 20.9 Å². The lowest BCUT2D eigenvalue weighted by Crippen LogP contribution is -2.24. The molecule has 0 spiro atoms. The first kappa shape index (κ1) is 15.3. The lowest BCUT2D eigenvalue weighted by atomic mass is 10.3. The molecule has 0 aliphatic carbocycles. The molecule has 0 amide bonds. The maximum Gasteiger partial charge on any atom is 0.139 e. The van der Waals surface area contributed by atoms with E-state index < -0.39 is 0 Å². The fraction of sp³-hybridized carbons (Fsp3) is 0.533. The molecule has 0 saturated carbocycles. The van der Waals surface area contributed by atoms with Crippen LogP contribution in [0.5, 0.6) is 0 Å². The standard InChI is InChI=1S/C15H18BrClFN3/c1-10(17)15-19-13-8-11(16)12(18)9-14(13)21(15)7-6-20-4-2-3-5-20/h8-10H,2-7H2,1H3. The van der Waals surface area contributed by atoms with Crippen molar-refractivity contribution in [3.8, 4) is 0 Å². The van der Waals surface area contributed by atoms with Crippen molar-refractivity contribution in [3.05, 3.63) is 28.2 Å². The van der Waals surface area contributed by atoms with E-state index in [1.807, 2.05) is 6.92 Å². The molecule has 1 aliphatic rings. The summed E-state index contributed by atoms with van der Waals surface area (Å²) in [7, 11) is 0. The summed E-state index contributed by atoms with van der Waals surface area (Å²) in [6, 6.07) is 3.26. The van der Waals surface area contributed by atoms with Gasteiger partial charge in [-0.15, -0.1) is 11.6 Å². The average molecular weight is 375 g/mol. The Morgan fingerprint density at radius 2 is 2.05 bits per heavy atom. The molecule has 2 heterocycles. The second-order valence-corrected chi connectivity index (χ2v) is 7.05. The van der Waals surface area contributed by atoms with Gasteiger partial charge in [0.15, 0.2) is 0 Å². The van der Waals surface area contributed by atoms with Crippen molar-refractivity contribution in [2.45, 2.75) is 31.7 Å². The van der Waals surface area contributed by atoms with Gasteiger partial charge in [0, 0.05) is 19.2 Å². The molecule has 0 radical (unpaired) electrons. The molecule has 1 saturated heterocycles. The SMILES string of the molecule is CC(Cl)c1nc2cc(Br)c(F)cc2n1CCN1CCCC1. The molecule has 1 aliphatic heterocycles. The van der Waals surface area contributed by atoms with Crippen molar-refractivity contribution in [3.63, 3.8) is 0 Å². The monoisotopic (exact) mass is 373 g/mol. The first-order valence-electron chi connectivity index (χ1n) is 7.28.